The molecule has 2 N–H and O–H groups in total. The van der Waals surface area contributed by atoms with E-state index in [2.05, 4.69) is 0 Å². The Labute approximate surface area is 112 Å². The summed E-state index contributed by atoms with van der Waals surface area (Å²) in [6, 6.07) is 6.79. The molecule has 0 spiro atoms. The third-order valence-corrected chi connectivity index (χ3v) is 3.34. The number of para-hydroxylation sites is 1. The second kappa shape index (κ2) is 5.73. The molecule has 0 saturated heterocycles. The fourth-order valence-electron chi connectivity index (χ4n) is 1.59. The van der Waals surface area contributed by atoms with E-state index in [1.165, 1.54) is 25.8 Å². The lowest BCUT2D eigenvalue weighted by Gasteiger charge is -2.31. The number of phenols is 1. The molecule has 0 aromatic heterocycles. The number of benzene rings is 1. The topological polar surface area (TPSA) is 77.8 Å². The van der Waals surface area contributed by atoms with Crippen LogP contribution in [0.5, 0.6) is 5.75 Å². The molecule has 1 rings (SSSR count). The van der Waals surface area contributed by atoms with Crippen LogP contribution >= 0.6 is 0 Å². The number of amides is 1. The van der Waals surface area contributed by atoms with Gasteiger partial charge in [-0.25, -0.2) is 4.79 Å². The standard InChI is InChI=1S/C14H19NO4/c1-14(2,13(18)19)15(3)12(17)9-8-10-6-4-5-7-11(10)16/h4-7,16H,8-9H2,1-3H3,(H,18,19). The van der Waals surface area contributed by atoms with Crippen LogP contribution in [0.15, 0.2) is 24.3 Å². The van der Waals surface area contributed by atoms with Crippen molar-refractivity contribution in [3.05, 3.63) is 29.8 Å². The maximum atomic E-state index is 12.0. The number of aliphatic carboxylic acids is 1. The van der Waals surface area contributed by atoms with Crippen LogP contribution in [-0.2, 0) is 16.0 Å². The van der Waals surface area contributed by atoms with Crippen molar-refractivity contribution >= 4 is 11.9 Å². The van der Waals surface area contributed by atoms with Crippen LogP contribution in [-0.4, -0.2) is 39.6 Å². The molecule has 104 valence electrons. The Morgan fingerprint density at radius 2 is 1.84 bits per heavy atom. The Kier molecular flexibility index (Phi) is 4.53. The summed E-state index contributed by atoms with van der Waals surface area (Å²) in [5.74, 6) is -1.17. The lowest BCUT2D eigenvalue weighted by Crippen LogP contribution is -2.50. The van der Waals surface area contributed by atoms with Crippen LogP contribution in [0, 0.1) is 0 Å². The zero-order valence-electron chi connectivity index (χ0n) is 11.4. The van der Waals surface area contributed by atoms with Gasteiger partial charge in [0.25, 0.3) is 0 Å². The minimum Gasteiger partial charge on any atom is -0.508 e. The summed E-state index contributed by atoms with van der Waals surface area (Å²) >= 11 is 0. The van der Waals surface area contributed by atoms with Crippen molar-refractivity contribution < 1.29 is 19.8 Å². The second-order valence-corrected chi connectivity index (χ2v) is 4.95. The summed E-state index contributed by atoms with van der Waals surface area (Å²) in [5, 5.41) is 18.6. The summed E-state index contributed by atoms with van der Waals surface area (Å²) in [4.78, 5) is 24.2. The molecule has 0 fully saturated rings. The Morgan fingerprint density at radius 1 is 1.26 bits per heavy atom. The van der Waals surface area contributed by atoms with E-state index in [0.29, 0.717) is 12.0 Å². The molecular weight excluding hydrogens is 246 g/mol. The van der Waals surface area contributed by atoms with E-state index in [1.807, 2.05) is 0 Å². The van der Waals surface area contributed by atoms with Crippen molar-refractivity contribution in [1.82, 2.24) is 4.90 Å². The SMILES string of the molecule is CN(C(=O)CCc1ccccc1O)C(C)(C)C(=O)O. The Bertz CT molecular complexity index is 482. The van der Waals surface area contributed by atoms with Gasteiger partial charge in [-0.2, -0.15) is 0 Å². The zero-order chi connectivity index (χ0) is 14.6. The second-order valence-electron chi connectivity index (χ2n) is 4.95. The van der Waals surface area contributed by atoms with Gasteiger partial charge in [-0.15, -0.1) is 0 Å². The zero-order valence-corrected chi connectivity index (χ0v) is 11.4. The highest BCUT2D eigenvalue weighted by Crippen LogP contribution is 2.19. The van der Waals surface area contributed by atoms with E-state index in [0.717, 1.165) is 0 Å². The minimum atomic E-state index is -1.24. The molecule has 0 aliphatic carbocycles. The molecule has 1 aromatic carbocycles. The molecule has 1 amide bonds. The van der Waals surface area contributed by atoms with Gasteiger partial charge in [-0.3, -0.25) is 4.79 Å². The smallest absolute Gasteiger partial charge is 0.329 e. The minimum absolute atomic E-state index is 0.149. The maximum absolute atomic E-state index is 12.0. The predicted molar refractivity (Wildman–Crippen MR) is 70.9 cm³/mol. The first kappa shape index (κ1) is 15.0. The highest BCUT2D eigenvalue weighted by Gasteiger charge is 2.34. The number of phenolic OH excluding ortho intramolecular Hbond substituents is 1. The molecule has 5 nitrogen and oxygen atoms in total. The number of nitrogens with zero attached hydrogens (tertiary/aromatic N) is 1. The Morgan fingerprint density at radius 3 is 2.37 bits per heavy atom. The summed E-state index contributed by atoms with van der Waals surface area (Å²) in [5.41, 5.74) is -0.562. The summed E-state index contributed by atoms with van der Waals surface area (Å²) in [6.07, 6.45) is 0.538. The number of carboxylic acids is 1. The third kappa shape index (κ3) is 3.47. The number of aromatic hydroxyl groups is 1. The van der Waals surface area contributed by atoms with E-state index in [1.54, 1.807) is 24.3 Å². The summed E-state index contributed by atoms with van der Waals surface area (Å²) < 4.78 is 0. The first-order chi connectivity index (χ1) is 8.76. The van der Waals surface area contributed by atoms with Crippen molar-refractivity contribution in [3.8, 4) is 5.75 Å². The van der Waals surface area contributed by atoms with Crippen LogP contribution in [0.3, 0.4) is 0 Å². The molecule has 0 radical (unpaired) electrons. The first-order valence-electron chi connectivity index (χ1n) is 6.03. The number of hydrogen-bond donors (Lipinski definition) is 2. The van der Waals surface area contributed by atoms with Crippen LogP contribution < -0.4 is 0 Å². The fourth-order valence-corrected chi connectivity index (χ4v) is 1.59. The van der Waals surface area contributed by atoms with Crippen LogP contribution in [0.1, 0.15) is 25.8 Å². The number of likely N-dealkylation sites (N-methyl/N-ethyl adjacent to an activating group) is 1. The molecular formula is C14H19NO4. The largest absolute Gasteiger partial charge is 0.508 e. The monoisotopic (exact) mass is 265 g/mol. The average molecular weight is 265 g/mol. The van der Waals surface area contributed by atoms with Crippen molar-refractivity contribution in [2.45, 2.75) is 32.2 Å². The van der Waals surface area contributed by atoms with Crippen LogP contribution in [0.25, 0.3) is 0 Å². The molecule has 1 aromatic rings. The van der Waals surface area contributed by atoms with Gasteiger partial charge in [0, 0.05) is 13.5 Å². The van der Waals surface area contributed by atoms with Gasteiger partial charge in [0.15, 0.2) is 0 Å². The van der Waals surface area contributed by atoms with Crippen LogP contribution in [0.2, 0.25) is 0 Å². The van der Waals surface area contributed by atoms with Gasteiger partial charge < -0.3 is 15.1 Å². The molecule has 0 heterocycles. The molecule has 0 atom stereocenters. The van der Waals surface area contributed by atoms with Crippen molar-refractivity contribution in [2.75, 3.05) is 7.05 Å². The molecule has 19 heavy (non-hydrogen) atoms. The van der Waals surface area contributed by atoms with Gasteiger partial charge in [0.05, 0.1) is 0 Å². The predicted octanol–water partition coefficient (Wildman–Crippen LogP) is 1.65. The molecule has 0 aliphatic rings. The van der Waals surface area contributed by atoms with Crippen molar-refractivity contribution in [3.63, 3.8) is 0 Å². The number of rotatable bonds is 5. The lowest BCUT2D eigenvalue weighted by molar-refractivity contribution is -0.155. The van der Waals surface area contributed by atoms with E-state index in [4.69, 9.17) is 5.11 Å². The van der Waals surface area contributed by atoms with E-state index < -0.39 is 11.5 Å². The molecule has 0 saturated carbocycles. The summed E-state index contributed by atoms with van der Waals surface area (Å²) in [6.45, 7) is 2.96. The van der Waals surface area contributed by atoms with Gasteiger partial charge in [-0.05, 0) is 31.9 Å². The Hall–Kier alpha value is -2.04. The highest BCUT2D eigenvalue weighted by atomic mass is 16.4. The maximum Gasteiger partial charge on any atom is 0.329 e. The molecule has 5 heteroatoms. The van der Waals surface area contributed by atoms with Gasteiger partial charge >= 0.3 is 5.97 Å². The number of hydrogen-bond acceptors (Lipinski definition) is 3. The molecule has 0 aliphatic heterocycles. The quantitative estimate of drug-likeness (QED) is 0.848. The average Bonchev–Trinajstić information content (AvgIpc) is 2.36. The van der Waals surface area contributed by atoms with E-state index in [-0.39, 0.29) is 18.1 Å². The van der Waals surface area contributed by atoms with Gasteiger partial charge in [0.2, 0.25) is 5.91 Å². The van der Waals surface area contributed by atoms with Gasteiger partial charge in [-0.1, -0.05) is 18.2 Å². The first-order valence-corrected chi connectivity index (χ1v) is 6.03. The van der Waals surface area contributed by atoms with Crippen molar-refractivity contribution in [2.24, 2.45) is 0 Å². The highest BCUT2D eigenvalue weighted by molar-refractivity contribution is 5.86. The fraction of sp³-hybridized carbons (Fsp3) is 0.429. The van der Waals surface area contributed by atoms with Crippen LogP contribution in [0.4, 0.5) is 0 Å². The van der Waals surface area contributed by atoms with Crippen molar-refractivity contribution in [1.29, 1.82) is 0 Å². The van der Waals surface area contributed by atoms with Gasteiger partial charge in [0.1, 0.15) is 11.3 Å². The normalized spacial score (nSPS) is 11.1. The third-order valence-electron chi connectivity index (χ3n) is 3.34. The number of aryl methyl sites for hydroxylation is 1. The molecule has 0 bridgehead atoms. The summed E-state index contributed by atoms with van der Waals surface area (Å²) in [7, 11) is 1.47. The van der Waals surface area contributed by atoms with E-state index in [9.17, 15) is 14.7 Å². The van der Waals surface area contributed by atoms with E-state index >= 15 is 0 Å². The number of carbonyl (C=O) groups is 2. The Balaban J connectivity index is 2.66. The molecule has 0 unspecified atom stereocenters. The number of carboxylic acid groups (broad SMARTS) is 1. The number of carbonyl (C=O) groups excluding carboxylic acids is 1. The lowest BCUT2D eigenvalue weighted by atomic mass is 10.0.